The summed E-state index contributed by atoms with van der Waals surface area (Å²) in [5.74, 6) is 0. The summed E-state index contributed by atoms with van der Waals surface area (Å²) in [6, 6.07) is 6.00. The summed E-state index contributed by atoms with van der Waals surface area (Å²) >= 11 is 3.64. The van der Waals surface area contributed by atoms with Gasteiger partial charge >= 0.3 is 5.69 Å². The lowest BCUT2D eigenvalue weighted by molar-refractivity contribution is 0.789. The fraction of sp³-hybridized carbons (Fsp3) is 0.364. The zero-order valence-corrected chi connectivity index (χ0v) is 10.1. The lowest BCUT2D eigenvalue weighted by atomic mass is 10.1. The molecule has 0 spiro atoms. The standard InChI is InChI=1S/C11H13BrN2O/c1-2-3-8(12)7-4-5-9-10(6-7)14-11(15)13-9/h4-6,8H,2-3H2,1H3,(H2,13,14,15). The molecule has 0 saturated carbocycles. The first-order valence-electron chi connectivity index (χ1n) is 5.06. The Kier molecular flexibility index (Phi) is 2.95. The van der Waals surface area contributed by atoms with Gasteiger partial charge in [0.2, 0.25) is 0 Å². The number of imidazole rings is 1. The van der Waals surface area contributed by atoms with Crippen LogP contribution in [0.1, 0.15) is 30.2 Å². The molecular weight excluding hydrogens is 256 g/mol. The van der Waals surface area contributed by atoms with Gasteiger partial charge in [-0.25, -0.2) is 4.79 Å². The van der Waals surface area contributed by atoms with Crippen LogP contribution in [-0.4, -0.2) is 9.97 Å². The molecule has 0 aliphatic carbocycles. The summed E-state index contributed by atoms with van der Waals surface area (Å²) in [7, 11) is 0. The number of alkyl halides is 1. The fourth-order valence-electron chi connectivity index (χ4n) is 1.67. The Morgan fingerprint density at radius 3 is 2.80 bits per heavy atom. The first-order valence-corrected chi connectivity index (χ1v) is 5.98. The van der Waals surface area contributed by atoms with Crippen molar-refractivity contribution in [3.63, 3.8) is 0 Å². The average molecular weight is 269 g/mol. The van der Waals surface area contributed by atoms with E-state index < -0.39 is 0 Å². The van der Waals surface area contributed by atoms with Crippen LogP contribution in [-0.2, 0) is 0 Å². The molecule has 80 valence electrons. The number of H-pyrrole nitrogens is 2. The number of rotatable bonds is 3. The van der Waals surface area contributed by atoms with Crippen LogP contribution in [0.2, 0.25) is 0 Å². The highest BCUT2D eigenvalue weighted by molar-refractivity contribution is 9.09. The second-order valence-electron chi connectivity index (χ2n) is 3.64. The number of halogens is 1. The summed E-state index contributed by atoms with van der Waals surface area (Å²) in [4.78, 5) is 16.9. The van der Waals surface area contributed by atoms with Crippen LogP contribution in [0, 0.1) is 0 Å². The summed E-state index contributed by atoms with van der Waals surface area (Å²) < 4.78 is 0. The Morgan fingerprint density at radius 1 is 1.33 bits per heavy atom. The van der Waals surface area contributed by atoms with Gasteiger partial charge < -0.3 is 9.97 Å². The van der Waals surface area contributed by atoms with Crippen molar-refractivity contribution >= 4 is 27.0 Å². The van der Waals surface area contributed by atoms with Gasteiger partial charge in [-0.3, -0.25) is 0 Å². The summed E-state index contributed by atoms with van der Waals surface area (Å²) in [5.41, 5.74) is 2.79. The highest BCUT2D eigenvalue weighted by atomic mass is 79.9. The van der Waals surface area contributed by atoms with Gasteiger partial charge in [-0.05, 0) is 24.1 Å². The lowest BCUT2D eigenvalue weighted by Gasteiger charge is -2.08. The van der Waals surface area contributed by atoms with E-state index in [-0.39, 0.29) is 5.69 Å². The van der Waals surface area contributed by atoms with Gasteiger partial charge in [0.25, 0.3) is 0 Å². The minimum Gasteiger partial charge on any atom is -0.306 e. The van der Waals surface area contributed by atoms with Crippen LogP contribution in [0.25, 0.3) is 11.0 Å². The van der Waals surface area contributed by atoms with Crippen LogP contribution in [0.3, 0.4) is 0 Å². The van der Waals surface area contributed by atoms with E-state index in [2.05, 4.69) is 32.8 Å². The second kappa shape index (κ2) is 4.23. The maximum Gasteiger partial charge on any atom is 0.323 e. The van der Waals surface area contributed by atoms with E-state index in [0.29, 0.717) is 4.83 Å². The van der Waals surface area contributed by atoms with Gasteiger partial charge in [-0.1, -0.05) is 35.3 Å². The Balaban J connectivity index is 2.41. The van der Waals surface area contributed by atoms with Gasteiger partial charge in [0, 0.05) is 4.83 Å². The molecule has 4 heteroatoms. The third-order valence-electron chi connectivity index (χ3n) is 2.44. The predicted molar refractivity (Wildman–Crippen MR) is 65.5 cm³/mol. The molecule has 0 aliphatic heterocycles. The number of nitrogens with one attached hydrogen (secondary N) is 2. The van der Waals surface area contributed by atoms with Gasteiger partial charge in [0.05, 0.1) is 11.0 Å². The van der Waals surface area contributed by atoms with E-state index in [1.807, 2.05) is 18.2 Å². The molecule has 1 unspecified atom stereocenters. The maximum absolute atomic E-state index is 11.1. The van der Waals surface area contributed by atoms with Crippen molar-refractivity contribution in [3.05, 3.63) is 34.2 Å². The zero-order chi connectivity index (χ0) is 10.8. The lowest BCUT2D eigenvalue weighted by Crippen LogP contribution is -1.99. The van der Waals surface area contributed by atoms with E-state index in [0.717, 1.165) is 23.9 Å². The normalized spacial score (nSPS) is 13.2. The third-order valence-corrected chi connectivity index (χ3v) is 3.43. The molecule has 0 amide bonds. The molecule has 0 saturated heterocycles. The van der Waals surface area contributed by atoms with Crippen LogP contribution in [0.5, 0.6) is 0 Å². The van der Waals surface area contributed by atoms with E-state index in [9.17, 15) is 4.79 Å². The molecule has 1 atom stereocenters. The zero-order valence-electron chi connectivity index (χ0n) is 8.51. The minimum absolute atomic E-state index is 0.149. The van der Waals surface area contributed by atoms with E-state index >= 15 is 0 Å². The van der Waals surface area contributed by atoms with Crippen LogP contribution >= 0.6 is 15.9 Å². The maximum atomic E-state index is 11.1. The van der Waals surface area contributed by atoms with Crippen molar-refractivity contribution in [2.24, 2.45) is 0 Å². The molecule has 0 aliphatic rings. The highest BCUT2D eigenvalue weighted by Gasteiger charge is 2.07. The smallest absolute Gasteiger partial charge is 0.306 e. The molecule has 15 heavy (non-hydrogen) atoms. The van der Waals surface area contributed by atoms with Crippen molar-refractivity contribution in [1.29, 1.82) is 0 Å². The van der Waals surface area contributed by atoms with Crippen molar-refractivity contribution in [3.8, 4) is 0 Å². The van der Waals surface area contributed by atoms with Gasteiger partial charge in [0.15, 0.2) is 0 Å². The molecule has 0 fully saturated rings. The van der Waals surface area contributed by atoms with Gasteiger partial charge in [-0.2, -0.15) is 0 Å². The Morgan fingerprint density at radius 2 is 2.07 bits per heavy atom. The predicted octanol–water partition coefficient (Wildman–Crippen LogP) is 3.09. The van der Waals surface area contributed by atoms with Gasteiger partial charge in [-0.15, -0.1) is 0 Å². The summed E-state index contributed by atoms with van der Waals surface area (Å²) in [6.07, 6.45) is 2.23. The minimum atomic E-state index is -0.149. The average Bonchev–Trinajstić information content (AvgIpc) is 2.57. The summed E-state index contributed by atoms with van der Waals surface area (Å²) in [5, 5.41) is 0. The van der Waals surface area contributed by atoms with Crippen LogP contribution in [0.15, 0.2) is 23.0 Å². The van der Waals surface area contributed by atoms with Crippen molar-refractivity contribution in [1.82, 2.24) is 9.97 Å². The highest BCUT2D eigenvalue weighted by Crippen LogP contribution is 2.28. The molecule has 2 N–H and O–H groups in total. The molecule has 0 bridgehead atoms. The molecule has 2 aromatic rings. The Hall–Kier alpha value is -1.03. The molecule has 0 radical (unpaired) electrons. The first kappa shape index (κ1) is 10.5. The van der Waals surface area contributed by atoms with Crippen LogP contribution < -0.4 is 5.69 Å². The van der Waals surface area contributed by atoms with Crippen molar-refractivity contribution in [2.75, 3.05) is 0 Å². The number of benzene rings is 1. The molecule has 2 rings (SSSR count). The van der Waals surface area contributed by atoms with Gasteiger partial charge in [0.1, 0.15) is 0 Å². The molecule has 1 aromatic heterocycles. The van der Waals surface area contributed by atoms with Crippen molar-refractivity contribution in [2.45, 2.75) is 24.6 Å². The van der Waals surface area contributed by atoms with E-state index in [1.165, 1.54) is 5.56 Å². The number of fused-ring (bicyclic) bond motifs is 1. The molecular formula is C11H13BrN2O. The number of hydrogen-bond acceptors (Lipinski definition) is 1. The topological polar surface area (TPSA) is 48.6 Å². The summed E-state index contributed by atoms with van der Waals surface area (Å²) in [6.45, 7) is 2.16. The third kappa shape index (κ3) is 2.15. The monoisotopic (exact) mass is 268 g/mol. The SMILES string of the molecule is CCCC(Br)c1ccc2[nH]c(=O)[nH]c2c1. The fourth-order valence-corrected chi connectivity index (χ4v) is 2.41. The molecule has 1 heterocycles. The number of hydrogen-bond donors (Lipinski definition) is 2. The second-order valence-corrected chi connectivity index (χ2v) is 4.75. The molecule has 1 aromatic carbocycles. The Bertz CT molecular complexity index is 515. The quantitative estimate of drug-likeness (QED) is 0.826. The number of aromatic amines is 2. The largest absolute Gasteiger partial charge is 0.323 e. The van der Waals surface area contributed by atoms with Crippen LogP contribution in [0.4, 0.5) is 0 Å². The number of aromatic nitrogens is 2. The molecule has 3 nitrogen and oxygen atoms in total. The van der Waals surface area contributed by atoms with E-state index in [4.69, 9.17) is 0 Å². The van der Waals surface area contributed by atoms with E-state index in [1.54, 1.807) is 0 Å². The first-order chi connectivity index (χ1) is 7.20. The van der Waals surface area contributed by atoms with Crippen molar-refractivity contribution < 1.29 is 0 Å². The Labute approximate surface area is 96.0 Å².